The van der Waals surface area contributed by atoms with Crippen LogP contribution in [0.3, 0.4) is 0 Å². The molecule has 2 aromatic rings. The Balaban J connectivity index is 2.51. The highest BCUT2D eigenvalue weighted by atomic mass is 16.3. The Labute approximate surface area is 166 Å². The van der Waals surface area contributed by atoms with Gasteiger partial charge in [-0.15, -0.1) is 5.11 Å². The minimum atomic E-state index is -0.416. The summed E-state index contributed by atoms with van der Waals surface area (Å²) in [7, 11) is 0. The zero-order valence-electron chi connectivity index (χ0n) is 17.1. The lowest BCUT2D eigenvalue weighted by atomic mass is 9.99. The Kier molecular flexibility index (Phi) is 7.51. The Hall–Kier alpha value is -2.94. The molecule has 0 saturated carbocycles. The maximum atomic E-state index is 13.0. The summed E-state index contributed by atoms with van der Waals surface area (Å²) in [6.45, 7) is 8.12. The van der Waals surface area contributed by atoms with Crippen LogP contribution >= 0.6 is 0 Å². The molecular formula is C22H28N4O2. The highest BCUT2D eigenvalue weighted by Gasteiger charge is 2.21. The number of aryl methyl sites for hydroxylation is 1. The lowest BCUT2D eigenvalue weighted by Gasteiger charge is -2.19. The number of aromatic nitrogens is 1. The van der Waals surface area contributed by atoms with Crippen LogP contribution in [0.1, 0.15) is 56.2 Å². The number of rotatable bonds is 8. The minimum absolute atomic E-state index is 0.0723. The molecule has 1 heterocycles. The van der Waals surface area contributed by atoms with Crippen molar-refractivity contribution in [2.75, 3.05) is 0 Å². The van der Waals surface area contributed by atoms with Gasteiger partial charge in [0.15, 0.2) is 5.69 Å². The van der Waals surface area contributed by atoms with Gasteiger partial charge in [-0.2, -0.15) is 10.4 Å². The van der Waals surface area contributed by atoms with Crippen LogP contribution in [-0.4, -0.2) is 9.67 Å². The molecule has 1 atom stereocenters. The largest absolute Gasteiger partial charge is 0.493 e. The molecule has 0 radical (unpaired) electrons. The summed E-state index contributed by atoms with van der Waals surface area (Å²) in [4.78, 5) is 13.0. The fourth-order valence-electron chi connectivity index (χ4n) is 3.20. The number of benzene rings is 1. The second kappa shape index (κ2) is 9.84. The Morgan fingerprint density at radius 1 is 1.25 bits per heavy atom. The number of hydrogen-bond donors (Lipinski definition) is 1. The van der Waals surface area contributed by atoms with E-state index in [9.17, 15) is 15.2 Å². The van der Waals surface area contributed by atoms with Crippen molar-refractivity contribution in [3.8, 4) is 11.9 Å². The number of azo groups is 1. The zero-order valence-corrected chi connectivity index (χ0v) is 17.1. The number of aromatic hydroxyl groups is 1. The SMILES string of the molecule is CCCCC(CC)Cn1c(O)c(C#N)c(C)c(N=Nc2cccc(C)c2)c1=O. The summed E-state index contributed by atoms with van der Waals surface area (Å²) < 4.78 is 1.28. The standard InChI is InChI=1S/C22H28N4O2/c1-5-7-10-17(6-2)14-26-21(27)19(13-23)16(4)20(22(26)28)25-24-18-11-8-9-15(3)12-18/h8-9,11-12,17,27H,5-7,10,14H2,1-4H3. The average Bonchev–Trinajstić information content (AvgIpc) is 2.68. The molecule has 0 aliphatic heterocycles. The predicted molar refractivity (Wildman–Crippen MR) is 110 cm³/mol. The molecule has 28 heavy (non-hydrogen) atoms. The van der Waals surface area contributed by atoms with Gasteiger partial charge in [-0.3, -0.25) is 9.36 Å². The van der Waals surface area contributed by atoms with E-state index in [-0.39, 0.29) is 23.0 Å². The van der Waals surface area contributed by atoms with Gasteiger partial charge in [-0.1, -0.05) is 45.2 Å². The third kappa shape index (κ3) is 4.86. The lowest BCUT2D eigenvalue weighted by molar-refractivity contribution is 0.339. The maximum Gasteiger partial charge on any atom is 0.281 e. The summed E-state index contributed by atoms with van der Waals surface area (Å²) in [6, 6.07) is 9.48. The second-order valence-corrected chi connectivity index (χ2v) is 7.16. The average molecular weight is 380 g/mol. The topological polar surface area (TPSA) is 90.7 Å². The molecule has 6 nitrogen and oxygen atoms in total. The number of nitriles is 1. The molecule has 1 aromatic heterocycles. The fourth-order valence-corrected chi connectivity index (χ4v) is 3.20. The summed E-state index contributed by atoms with van der Waals surface area (Å²) in [5.41, 5.74) is 1.77. The van der Waals surface area contributed by atoms with Crippen LogP contribution in [0, 0.1) is 31.1 Å². The molecule has 6 heteroatoms. The molecule has 0 aliphatic rings. The molecule has 0 saturated heterocycles. The van der Waals surface area contributed by atoms with Crippen molar-refractivity contribution in [1.29, 1.82) is 5.26 Å². The van der Waals surface area contributed by atoms with Crippen LogP contribution in [0.4, 0.5) is 11.4 Å². The predicted octanol–water partition coefficient (Wildman–Crippen LogP) is 5.67. The number of nitrogens with zero attached hydrogens (tertiary/aromatic N) is 4. The molecule has 0 aliphatic carbocycles. The summed E-state index contributed by atoms with van der Waals surface area (Å²) in [5, 5.41) is 28.4. The van der Waals surface area contributed by atoms with E-state index in [4.69, 9.17) is 0 Å². The minimum Gasteiger partial charge on any atom is -0.493 e. The number of pyridine rings is 1. The van der Waals surface area contributed by atoms with Crippen LogP contribution in [0.2, 0.25) is 0 Å². The first kappa shape index (κ1) is 21.4. The Bertz CT molecular complexity index is 954. The molecule has 148 valence electrons. The van der Waals surface area contributed by atoms with Crippen LogP contribution in [0.5, 0.6) is 5.88 Å². The van der Waals surface area contributed by atoms with Crippen molar-refractivity contribution >= 4 is 11.4 Å². The van der Waals surface area contributed by atoms with Gasteiger partial charge in [0.2, 0.25) is 5.88 Å². The van der Waals surface area contributed by atoms with E-state index in [0.717, 1.165) is 31.2 Å². The number of unbranched alkanes of at least 4 members (excludes halogenated alkanes) is 1. The van der Waals surface area contributed by atoms with Crippen molar-refractivity contribution in [1.82, 2.24) is 4.57 Å². The van der Waals surface area contributed by atoms with E-state index in [1.807, 2.05) is 31.2 Å². The van der Waals surface area contributed by atoms with Crippen LogP contribution in [0.25, 0.3) is 0 Å². The van der Waals surface area contributed by atoms with E-state index < -0.39 is 5.56 Å². The molecule has 0 bridgehead atoms. The third-order valence-corrected chi connectivity index (χ3v) is 5.02. The van der Waals surface area contributed by atoms with Gasteiger partial charge in [0.25, 0.3) is 5.56 Å². The lowest BCUT2D eigenvalue weighted by Crippen LogP contribution is -2.25. The molecule has 1 N–H and O–H groups in total. The van der Waals surface area contributed by atoms with Crippen molar-refractivity contribution in [2.45, 2.75) is 59.9 Å². The first-order chi connectivity index (χ1) is 13.4. The van der Waals surface area contributed by atoms with Crippen LogP contribution < -0.4 is 5.56 Å². The summed E-state index contributed by atoms with van der Waals surface area (Å²) in [6.07, 6.45) is 3.99. The zero-order chi connectivity index (χ0) is 20.7. The van der Waals surface area contributed by atoms with Gasteiger partial charge < -0.3 is 5.11 Å². The van der Waals surface area contributed by atoms with Gasteiger partial charge >= 0.3 is 0 Å². The highest BCUT2D eigenvalue weighted by Crippen LogP contribution is 2.28. The quantitative estimate of drug-likeness (QED) is 0.598. The molecule has 1 unspecified atom stereocenters. The monoisotopic (exact) mass is 380 g/mol. The van der Waals surface area contributed by atoms with E-state index in [0.29, 0.717) is 17.8 Å². The Morgan fingerprint density at radius 2 is 2.00 bits per heavy atom. The fraction of sp³-hybridized carbons (Fsp3) is 0.455. The highest BCUT2D eigenvalue weighted by molar-refractivity contribution is 5.56. The third-order valence-electron chi connectivity index (χ3n) is 5.02. The molecular weight excluding hydrogens is 352 g/mol. The van der Waals surface area contributed by atoms with Crippen LogP contribution in [-0.2, 0) is 6.54 Å². The first-order valence-corrected chi connectivity index (χ1v) is 9.77. The van der Waals surface area contributed by atoms with Gasteiger partial charge in [-0.25, -0.2) is 0 Å². The van der Waals surface area contributed by atoms with E-state index in [1.165, 1.54) is 4.57 Å². The van der Waals surface area contributed by atoms with Gasteiger partial charge in [-0.05, 0) is 43.9 Å². The van der Waals surface area contributed by atoms with Crippen molar-refractivity contribution in [2.24, 2.45) is 16.1 Å². The molecule has 1 aromatic carbocycles. The van der Waals surface area contributed by atoms with Crippen molar-refractivity contribution in [3.63, 3.8) is 0 Å². The number of hydrogen-bond acceptors (Lipinski definition) is 5. The molecule has 0 fully saturated rings. The maximum absolute atomic E-state index is 13.0. The van der Waals surface area contributed by atoms with E-state index in [2.05, 4.69) is 24.1 Å². The summed E-state index contributed by atoms with van der Waals surface area (Å²) >= 11 is 0. The molecule has 0 spiro atoms. The molecule has 0 amide bonds. The Morgan fingerprint density at radius 3 is 2.61 bits per heavy atom. The van der Waals surface area contributed by atoms with Crippen molar-refractivity contribution < 1.29 is 5.11 Å². The second-order valence-electron chi connectivity index (χ2n) is 7.16. The van der Waals surface area contributed by atoms with Gasteiger partial charge in [0.1, 0.15) is 11.6 Å². The van der Waals surface area contributed by atoms with Crippen molar-refractivity contribution in [3.05, 3.63) is 51.3 Å². The molecule has 2 rings (SSSR count). The first-order valence-electron chi connectivity index (χ1n) is 9.77. The normalized spacial score (nSPS) is 12.2. The summed E-state index contributed by atoms with van der Waals surface area (Å²) in [5.74, 6) is -0.0335. The van der Waals surface area contributed by atoms with E-state index >= 15 is 0 Å². The van der Waals surface area contributed by atoms with E-state index in [1.54, 1.807) is 13.0 Å². The van der Waals surface area contributed by atoms with Crippen LogP contribution in [0.15, 0.2) is 39.3 Å². The van der Waals surface area contributed by atoms with Gasteiger partial charge in [0.05, 0.1) is 5.69 Å². The van der Waals surface area contributed by atoms with Gasteiger partial charge in [0, 0.05) is 12.1 Å². The smallest absolute Gasteiger partial charge is 0.281 e.